The summed E-state index contributed by atoms with van der Waals surface area (Å²) in [6.45, 7) is 0. The fraction of sp³-hybridized carbons (Fsp3) is 0. The third-order valence-corrected chi connectivity index (χ3v) is 4.00. The summed E-state index contributed by atoms with van der Waals surface area (Å²) in [6, 6.07) is 7.83. The van der Waals surface area contributed by atoms with Gasteiger partial charge in [-0.3, -0.25) is 0 Å². The molecule has 0 amide bonds. The Morgan fingerprint density at radius 2 is 2.00 bits per heavy atom. The van der Waals surface area contributed by atoms with E-state index in [0.29, 0.717) is 0 Å². The predicted octanol–water partition coefficient (Wildman–Crippen LogP) is 0.882. The van der Waals surface area contributed by atoms with Gasteiger partial charge in [0.05, 0.1) is 0 Å². The first-order valence-corrected chi connectivity index (χ1v) is 5.60. The van der Waals surface area contributed by atoms with E-state index < -0.39 is 13.8 Å². The van der Waals surface area contributed by atoms with E-state index in [9.17, 15) is 3.83 Å². The first kappa shape index (κ1) is 6.02. The molecule has 2 heteroatoms. The van der Waals surface area contributed by atoms with Gasteiger partial charge in [0.1, 0.15) is 0 Å². The maximum atomic E-state index is 11.2. The van der Waals surface area contributed by atoms with Gasteiger partial charge in [0, 0.05) is 0 Å². The van der Waals surface area contributed by atoms with Gasteiger partial charge in [0.15, 0.2) is 0 Å². The van der Waals surface area contributed by atoms with Crippen LogP contribution in [0.25, 0.3) is 6.08 Å². The van der Waals surface area contributed by atoms with Crippen molar-refractivity contribution in [3.8, 4) is 0 Å². The van der Waals surface area contributed by atoms with Crippen LogP contribution in [-0.4, -0.2) is 13.8 Å². The molecule has 0 saturated heterocycles. The van der Waals surface area contributed by atoms with Gasteiger partial charge in [-0.1, -0.05) is 0 Å². The molecule has 10 heavy (non-hydrogen) atoms. The number of hydrogen-bond donors (Lipinski definition) is 0. The summed E-state index contributed by atoms with van der Waals surface area (Å²) in [7, 11) is 0. The van der Waals surface area contributed by atoms with Crippen LogP contribution in [0.4, 0.5) is 0 Å². The average Bonchev–Trinajstić information content (AvgIpc) is 2.34. The van der Waals surface area contributed by atoms with Crippen LogP contribution in [-0.2, 0) is 3.83 Å². The van der Waals surface area contributed by atoms with Crippen molar-refractivity contribution in [2.75, 3.05) is 0 Å². The molecule has 1 aliphatic rings. The molecule has 2 rings (SSSR count). The van der Waals surface area contributed by atoms with Crippen molar-refractivity contribution in [1.82, 2.24) is 0 Å². The van der Waals surface area contributed by atoms with Crippen LogP contribution in [0.1, 0.15) is 5.56 Å². The third kappa shape index (κ3) is 0.772. The Kier molecular flexibility index (Phi) is 1.30. The average molecular weight is 197 g/mol. The number of rotatable bonds is 0. The molecule has 50 valence electrons. The monoisotopic (exact) mass is 198 g/mol. The molecule has 0 fully saturated rings. The van der Waals surface area contributed by atoms with Crippen LogP contribution in [0.15, 0.2) is 29.2 Å². The summed E-state index contributed by atoms with van der Waals surface area (Å²) in [5.74, 6) is 0. The molecule has 1 heterocycles. The Bertz CT molecular complexity index is 315. The molecule has 1 nitrogen and oxygen atoms in total. The van der Waals surface area contributed by atoms with Gasteiger partial charge in [0.25, 0.3) is 0 Å². The first-order chi connectivity index (χ1) is 4.88. The first-order valence-electron chi connectivity index (χ1n) is 3.06. The summed E-state index contributed by atoms with van der Waals surface area (Å²) in [6.07, 6.45) is 1.94. The van der Waals surface area contributed by atoms with Crippen LogP contribution < -0.4 is 4.46 Å². The van der Waals surface area contributed by atoms with Gasteiger partial charge < -0.3 is 0 Å². The molecule has 0 N–H and O–H groups in total. The predicted molar refractivity (Wildman–Crippen MR) is 41.6 cm³/mol. The Morgan fingerprint density at radius 1 is 1.20 bits per heavy atom. The SMILES string of the molecule is O=[Se]1C=Cc2ccccc21. The second kappa shape index (κ2) is 2.15. The Labute approximate surface area is 63.5 Å². The second-order valence-electron chi connectivity index (χ2n) is 2.14. The Morgan fingerprint density at radius 3 is 2.80 bits per heavy atom. The molecule has 1 aromatic rings. The minimum absolute atomic E-state index is 1.03. The fourth-order valence-electron chi connectivity index (χ4n) is 1.01. The summed E-state index contributed by atoms with van der Waals surface area (Å²) in [5.41, 5.74) is 1.13. The van der Waals surface area contributed by atoms with Gasteiger partial charge in [-0.2, -0.15) is 0 Å². The molecule has 1 aliphatic heterocycles. The van der Waals surface area contributed by atoms with Gasteiger partial charge in [-0.15, -0.1) is 0 Å². The molecular formula is C8H6OSe. The molecule has 0 saturated carbocycles. The molecule has 1 unspecified atom stereocenters. The van der Waals surface area contributed by atoms with E-state index in [1.807, 2.05) is 35.3 Å². The summed E-state index contributed by atoms with van der Waals surface area (Å²) < 4.78 is 12.2. The van der Waals surface area contributed by atoms with E-state index in [2.05, 4.69) is 0 Å². The van der Waals surface area contributed by atoms with Crippen molar-refractivity contribution in [3.63, 3.8) is 0 Å². The van der Waals surface area contributed by atoms with Gasteiger partial charge in [-0.05, 0) is 0 Å². The van der Waals surface area contributed by atoms with Crippen LogP contribution in [0.5, 0.6) is 0 Å². The third-order valence-electron chi connectivity index (χ3n) is 1.51. The van der Waals surface area contributed by atoms with Crippen molar-refractivity contribution >= 4 is 24.4 Å². The van der Waals surface area contributed by atoms with Gasteiger partial charge in [-0.25, -0.2) is 0 Å². The van der Waals surface area contributed by atoms with E-state index in [1.54, 1.807) is 0 Å². The zero-order valence-corrected chi connectivity index (χ0v) is 6.99. The van der Waals surface area contributed by atoms with Gasteiger partial charge in [0.2, 0.25) is 0 Å². The van der Waals surface area contributed by atoms with Crippen molar-refractivity contribution < 1.29 is 3.83 Å². The van der Waals surface area contributed by atoms with E-state index in [-0.39, 0.29) is 0 Å². The summed E-state index contributed by atoms with van der Waals surface area (Å²) in [5, 5.41) is 0. The van der Waals surface area contributed by atoms with E-state index >= 15 is 0 Å². The van der Waals surface area contributed by atoms with Crippen LogP contribution in [0, 0.1) is 0 Å². The molecule has 1 aromatic carbocycles. The van der Waals surface area contributed by atoms with Crippen molar-refractivity contribution in [1.29, 1.82) is 0 Å². The van der Waals surface area contributed by atoms with E-state index in [1.165, 1.54) is 0 Å². The number of fused-ring (bicyclic) bond motifs is 1. The fourth-order valence-corrected chi connectivity index (χ4v) is 3.10. The van der Waals surface area contributed by atoms with Crippen LogP contribution in [0.3, 0.4) is 0 Å². The van der Waals surface area contributed by atoms with Crippen LogP contribution in [0.2, 0.25) is 0 Å². The second-order valence-corrected chi connectivity index (χ2v) is 4.88. The van der Waals surface area contributed by atoms with Crippen molar-refractivity contribution in [2.24, 2.45) is 0 Å². The summed E-state index contributed by atoms with van der Waals surface area (Å²) in [4.78, 5) is 1.81. The van der Waals surface area contributed by atoms with Crippen molar-refractivity contribution in [2.45, 2.75) is 0 Å². The number of hydrogen-bond acceptors (Lipinski definition) is 1. The molecule has 1 atom stereocenters. The summed E-state index contributed by atoms with van der Waals surface area (Å²) >= 11 is -1.75. The topological polar surface area (TPSA) is 17.1 Å². The molecule has 0 aliphatic carbocycles. The Balaban J connectivity index is 2.70. The zero-order valence-electron chi connectivity index (χ0n) is 5.28. The van der Waals surface area contributed by atoms with E-state index in [4.69, 9.17) is 0 Å². The zero-order chi connectivity index (χ0) is 6.97. The Hall–Kier alpha value is -0.721. The maximum absolute atomic E-state index is 11.2. The molecule has 0 aromatic heterocycles. The number of benzene rings is 1. The molecule has 0 radical (unpaired) electrons. The van der Waals surface area contributed by atoms with Crippen LogP contribution >= 0.6 is 0 Å². The van der Waals surface area contributed by atoms with Gasteiger partial charge >= 0.3 is 63.0 Å². The quantitative estimate of drug-likeness (QED) is 0.564. The standard InChI is InChI=1S/C8H6OSe/c9-10-6-5-7-3-1-2-4-8(7)10/h1-6H. The molecule has 0 bridgehead atoms. The van der Waals surface area contributed by atoms with E-state index in [0.717, 1.165) is 10.0 Å². The minimum atomic E-state index is -1.75. The molecular weight excluding hydrogens is 191 g/mol. The van der Waals surface area contributed by atoms with Crippen molar-refractivity contribution in [3.05, 3.63) is 34.8 Å². The molecule has 0 spiro atoms. The normalized spacial score (nSPS) is 21.0.